The maximum Gasteiger partial charge on any atom is 0.326 e. The summed E-state index contributed by atoms with van der Waals surface area (Å²) in [6.07, 6.45) is 0.240. The molecule has 0 unspecified atom stereocenters. The first kappa shape index (κ1) is 22.2. The third-order valence-electron chi connectivity index (χ3n) is 6.39. The van der Waals surface area contributed by atoms with Crippen LogP contribution in [0.1, 0.15) is 44.2 Å². The summed E-state index contributed by atoms with van der Waals surface area (Å²) < 4.78 is 6.12. The van der Waals surface area contributed by atoms with Crippen LogP contribution >= 0.6 is 0 Å². The second-order valence-electron chi connectivity index (χ2n) is 9.40. The Hall–Kier alpha value is -2.44. The highest BCUT2D eigenvalue weighted by molar-refractivity contribution is 6.74. The topological polar surface area (TPSA) is 75.6 Å². The van der Waals surface area contributed by atoms with Crippen LogP contribution in [0.3, 0.4) is 0 Å². The maximum absolute atomic E-state index is 13.2. The number of amides is 1. The average molecular weight is 426 g/mol. The average Bonchev–Trinajstić information content (AvgIpc) is 3.00. The Morgan fingerprint density at radius 1 is 1.03 bits per heavy atom. The molecule has 30 heavy (non-hydrogen) atoms. The van der Waals surface area contributed by atoms with Gasteiger partial charge < -0.3 is 14.8 Å². The van der Waals surface area contributed by atoms with E-state index in [9.17, 15) is 14.7 Å². The van der Waals surface area contributed by atoms with Crippen LogP contribution in [0, 0.1) is 0 Å². The highest BCUT2D eigenvalue weighted by Gasteiger charge is 2.38. The van der Waals surface area contributed by atoms with Crippen molar-refractivity contribution in [2.24, 2.45) is 0 Å². The van der Waals surface area contributed by atoms with Crippen LogP contribution in [0.2, 0.25) is 18.1 Å². The fourth-order valence-electron chi connectivity index (χ4n) is 3.60. The van der Waals surface area contributed by atoms with Crippen molar-refractivity contribution in [3.63, 3.8) is 0 Å². The summed E-state index contributed by atoms with van der Waals surface area (Å²) in [6.45, 7) is 11.0. The molecule has 5 nitrogen and oxygen atoms in total. The quantitative estimate of drug-likeness (QED) is 0.626. The number of carbonyl (C=O) groups is 2. The largest absolute Gasteiger partial charge is 0.480 e. The molecule has 0 fully saturated rings. The smallest absolute Gasteiger partial charge is 0.326 e. The maximum atomic E-state index is 13.2. The highest BCUT2D eigenvalue weighted by atomic mass is 28.4. The molecular formula is C24H31NO4Si. The van der Waals surface area contributed by atoms with E-state index in [1.165, 1.54) is 0 Å². The summed E-state index contributed by atoms with van der Waals surface area (Å²) >= 11 is 0. The monoisotopic (exact) mass is 425 g/mol. The van der Waals surface area contributed by atoms with Crippen LogP contribution in [0.5, 0.6) is 0 Å². The van der Waals surface area contributed by atoms with E-state index in [1.807, 2.05) is 48.5 Å². The highest BCUT2D eigenvalue weighted by Crippen LogP contribution is 2.44. The molecule has 0 aliphatic heterocycles. The fourth-order valence-corrected chi connectivity index (χ4v) is 4.66. The van der Waals surface area contributed by atoms with Crippen molar-refractivity contribution in [1.82, 2.24) is 5.32 Å². The Morgan fingerprint density at radius 2 is 1.53 bits per heavy atom. The van der Waals surface area contributed by atoms with Crippen molar-refractivity contribution in [2.45, 2.75) is 57.3 Å². The molecule has 0 saturated carbocycles. The molecular weight excluding hydrogens is 394 g/mol. The first-order valence-electron chi connectivity index (χ1n) is 10.4. The van der Waals surface area contributed by atoms with E-state index in [4.69, 9.17) is 4.43 Å². The summed E-state index contributed by atoms with van der Waals surface area (Å²) in [4.78, 5) is 25.0. The van der Waals surface area contributed by atoms with Crippen LogP contribution in [-0.4, -0.2) is 37.9 Å². The second-order valence-corrected chi connectivity index (χ2v) is 14.2. The van der Waals surface area contributed by atoms with Crippen molar-refractivity contribution in [1.29, 1.82) is 0 Å². The van der Waals surface area contributed by atoms with Gasteiger partial charge in [0.15, 0.2) is 8.32 Å². The number of carboxylic acids is 1. The van der Waals surface area contributed by atoms with Gasteiger partial charge in [0, 0.05) is 13.0 Å². The summed E-state index contributed by atoms with van der Waals surface area (Å²) in [5.41, 5.74) is 3.89. The van der Waals surface area contributed by atoms with Gasteiger partial charge in [-0.05, 0) is 40.4 Å². The summed E-state index contributed by atoms with van der Waals surface area (Å²) in [6, 6.07) is 14.6. The molecule has 2 N–H and O–H groups in total. The normalized spacial score (nSPS) is 14.7. The van der Waals surface area contributed by atoms with E-state index < -0.39 is 26.2 Å². The third-order valence-corrected chi connectivity index (χ3v) is 10.9. The molecule has 0 spiro atoms. The van der Waals surface area contributed by atoms with Gasteiger partial charge in [-0.25, -0.2) is 4.79 Å². The zero-order valence-electron chi connectivity index (χ0n) is 18.4. The van der Waals surface area contributed by atoms with E-state index in [1.54, 1.807) is 0 Å². The van der Waals surface area contributed by atoms with Crippen molar-refractivity contribution in [3.8, 4) is 11.1 Å². The molecule has 1 aliphatic rings. The fraction of sp³-hybridized carbons (Fsp3) is 0.417. The Kier molecular flexibility index (Phi) is 6.20. The third kappa shape index (κ3) is 4.35. The number of hydrogen-bond donors (Lipinski definition) is 2. The zero-order valence-corrected chi connectivity index (χ0v) is 19.4. The van der Waals surface area contributed by atoms with E-state index >= 15 is 0 Å². The lowest BCUT2D eigenvalue weighted by Gasteiger charge is -2.36. The summed E-state index contributed by atoms with van der Waals surface area (Å²) in [5, 5.41) is 12.5. The zero-order chi connectivity index (χ0) is 22.1. The van der Waals surface area contributed by atoms with Crippen LogP contribution < -0.4 is 5.32 Å². The summed E-state index contributed by atoms with van der Waals surface area (Å²) in [5.74, 6) is -1.82. The minimum atomic E-state index is -1.97. The molecule has 1 atom stereocenters. The number of carbonyl (C=O) groups excluding carboxylic acids is 1. The van der Waals surface area contributed by atoms with Crippen molar-refractivity contribution in [3.05, 3.63) is 59.7 Å². The van der Waals surface area contributed by atoms with E-state index in [2.05, 4.69) is 39.2 Å². The molecule has 0 radical (unpaired) electrons. The molecule has 0 aromatic heterocycles. The molecule has 2 aromatic carbocycles. The molecule has 3 rings (SSSR count). The molecule has 0 bridgehead atoms. The number of nitrogens with one attached hydrogen (secondary N) is 1. The van der Waals surface area contributed by atoms with Gasteiger partial charge in [-0.3, -0.25) is 4.79 Å². The van der Waals surface area contributed by atoms with Crippen molar-refractivity contribution >= 4 is 20.2 Å². The first-order valence-corrected chi connectivity index (χ1v) is 13.3. The molecule has 0 saturated heterocycles. The van der Waals surface area contributed by atoms with Gasteiger partial charge in [0.1, 0.15) is 6.04 Å². The minimum absolute atomic E-state index is 0.0479. The van der Waals surface area contributed by atoms with Gasteiger partial charge in [0.2, 0.25) is 5.91 Å². The standard InChI is InChI=1S/C24H31NO4Si/c1-24(2,3)30(4,5)29-15-14-20(23(27)28)25-22(26)21-18-12-8-6-10-16(18)17-11-7-9-13-19(17)21/h6-13,20-21H,14-15H2,1-5H3,(H,25,26)(H,27,28)/t20-/m1/s1. The number of aliphatic carboxylic acids is 1. The summed E-state index contributed by atoms with van der Waals surface area (Å²) in [7, 11) is -1.97. The van der Waals surface area contributed by atoms with Crippen LogP contribution in [0.4, 0.5) is 0 Å². The molecule has 6 heteroatoms. The predicted octanol–water partition coefficient (Wildman–Crippen LogP) is 4.78. The van der Waals surface area contributed by atoms with E-state index in [0.29, 0.717) is 6.61 Å². The van der Waals surface area contributed by atoms with Crippen molar-refractivity contribution < 1.29 is 19.1 Å². The van der Waals surface area contributed by atoms with Gasteiger partial charge in [0.25, 0.3) is 0 Å². The Bertz CT molecular complexity index is 903. The number of hydrogen-bond acceptors (Lipinski definition) is 3. The second kappa shape index (κ2) is 8.36. The van der Waals surface area contributed by atoms with Gasteiger partial charge in [-0.1, -0.05) is 69.3 Å². The van der Waals surface area contributed by atoms with Crippen LogP contribution in [0.15, 0.2) is 48.5 Å². The Labute approximate surface area is 179 Å². The number of carboxylic acid groups (broad SMARTS) is 1. The van der Waals surface area contributed by atoms with Gasteiger partial charge in [-0.15, -0.1) is 0 Å². The molecule has 1 amide bonds. The van der Waals surface area contributed by atoms with Crippen molar-refractivity contribution in [2.75, 3.05) is 6.61 Å². The Morgan fingerprint density at radius 3 is 2.00 bits per heavy atom. The van der Waals surface area contributed by atoms with Gasteiger partial charge in [-0.2, -0.15) is 0 Å². The molecule has 2 aromatic rings. The lowest BCUT2D eigenvalue weighted by atomic mass is 9.95. The van der Waals surface area contributed by atoms with Gasteiger partial charge >= 0.3 is 5.97 Å². The molecule has 160 valence electrons. The van der Waals surface area contributed by atoms with E-state index in [0.717, 1.165) is 22.3 Å². The Balaban J connectivity index is 1.74. The lowest BCUT2D eigenvalue weighted by Crippen LogP contribution is -2.45. The van der Waals surface area contributed by atoms with E-state index in [-0.39, 0.29) is 17.4 Å². The van der Waals surface area contributed by atoms with Crippen LogP contribution in [-0.2, 0) is 14.0 Å². The number of benzene rings is 2. The number of rotatable bonds is 7. The molecule has 1 aliphatic carbocycles. The number of fused-ring (bicyclic) bond motifs is 3. The first-order chi connectivity index (χ1) is 14.0. The SMILES string of the molecule is CC(C)(C)[Si](C)(C)OCC[C@@H](NC(=O)C1c2ccccc2-c2ccccc21)C(=O)O. The van der Waals surface area contributed by atoms with Crippen LogP contribution in [0.25, 0.3) is 11.1 Å². The lowest BCUT2D eigenvalue weighted by molar-refractivity contribution is -0.142. The molecule has 0 heterocycles. The predicted molar refractivity (Wildman–Crippen MR) is 121 cm³/mol. The van der Waals surface area contributed by atoms with Gasteiger partial charge in [0.05, 0.1) is 5.92 Å². The minimum Gasteiger partial charge on any atom is -0.480 e.